The standard InChI is InChI=1S/C19H25N3O2/c1-12(2)17-8-7-16(19(24)22(17)6)18(23)21(5)11-15-10-13(3)9-14(4)20-15/h7-10,12H,11H2,1-6H3. The van der Waals surface area contributed by atoms with E-state index in [4.69, 9.17) is 0 Å². The summed E-state index contributed by atoms with van der Waals surface area (Å²) in [7, 11) is 3.40. The summed E-state index contributed by atoms with van der Waals surface area (Å²) in [5.41, 5.74) is 3.69. The van der Waals surface area contributed by atoms with Gasteiger partial charge in [-0.3, -0.25) is 14.6 Å². The van der Waals surface area contributed by atoms with E-state index in [1.807, 2.05) is 45.9 Å². The monoisotopic (exact) mass is 327 g/mol. The molecule has 0 aromatic carbocycles. The molecule has 0 spiro atoms. The van der Waals surface area contributed by atoms with Crippen LogP contribution in [-0.2, 0) is 13.6 Å². The van der Waals surface area contributed by atoms with E-state index in [-0.39, 0.29) is 22.9 Å². The highest BCUT2D eigenvalue weighted by Gasteiger charge is 2.18. The fourth-order valence-electron chi connectivity index (χ4n) is 2.92. The summed E-state index contributed by atoms with van der Waals surface area (Å²) in [6.07, 6.45) is 0. The molecule has 0 fully saturated rings. The molecule has 0 atom stereocenters. The third-order valence-electron chi connectivity index (χ3n) is 4.06. The second kappa shape index (κ2) is 6.99. The van der Waals surface area contributed by atoms with Crippen molar-refractivity contribution in [1.29, 1.82) is 0 Å². The second-order valence-electron chi connectivity index (χ2n) is 6.63. The molecule has 5 nitrogen and oxygen atoms in total. The zero-order chi connectivity index (χ0) is 18.0. The average Bonchev–Trinajstić information content (AvgIpc) is 2.47. The van der Waals surface area contributed by atoms with Crippen molar-refractivity contribution in [3.63, 3.8) is 0 Å². The van der Waals surface area contributed by atoms with Crippen LogP contribution in [0.4, 0.5) is 0 Å². The highest BCUT2D eigenvalue weighted by Crippen LogP contribution is 2.13. The van der Waals surface area contributed by atoms with E-state index in [1.165, 1.54) is 4.90 Å². The highest BCUT2D eigenvalue weighted by atomic mass is 16.2. The maximum absolute atomic E-state index is 12.7. The molecule has 0 bridgehead atoms. The fraction of sp³-hybridized carbons (Fsp3) is 0.421. The first-order valence-corrected chi connectivity index (χ1v) is 8.10. The van der Waals surface area contributed by atoms with Crippen molar-refractivity contribution in [2.75, 3.05) is 7.05 Å². The van der Waals surface area contributed by atoms with Gasteiger partial charge in [0.05, 0.1) is 12.2 Å². The van der Waals surface area contributed by atoms with E-state index in [9.17, 15) is 9.59 Å². The number of hydrogen-bond acceptors (Lipinski definition) is 3. The highest BCUT2D eigenvalue weighted by molar-refractivity contribution is 5.93. The minimum absolute atomic E-state index is 0.189. The molecule has 0 unspecified atom stereocenters. The van der Waals surface area contributed by atoms with Gasteiger partial charge in [0.1, 0.15) is 5.56 Å². The van der Waals surface area contributed by atoms with Crippen LogP contribution in [0.25, 0.3) is 0 Å². The number of carbonyl (C=O) groups excluding carboxylic acids is 1. The summed E-state index contributed by atoms with van der Waals surface area (Å²) in [4.78, 5) is 31.1. The molecule has 2 aromatic rings. The van der Waals surface area contributed by atoms with Crippen LogP contribution in [-0.4, -0.2) is 27.4 Å². The van der Waals surface area contributed by atoms with Gasteiger partial charge in [-0.1, -0.05) is 13.8 Å². The molecule has 0 saturated heterocycles. The summed E-state index contributed by atoms with van der Waals surface area (Å²) in [5, 5.41) is 0. The Kier molecular flexibility index (Phi) is 5.22. The van der Waals surface area contributed by atoms with Crippen molar-refractivity contribution in [2.24, 2.45) is 7.05 Å². The molecule has 0 N–H and O–H groups in total. The molecular weight excluding hydrogens is 302 g/mol. The van der Waals surface area contributed by atoms with E-state index < -0.39 is 0 Å². The lowest BCUT2D eigenvalue weighted by atomic mass is 10.1. The third-order valence-corrected chi connectivity index (χ3v) is 4.06. The number of rotatable bonds is 4. The number of pyridine rings is 2. The third kappa shape index (κ3) is 3.72. The fourth-order valence-corrected chi connectivity index (χ4v) is 2.92. The zero-order valence-electron chi connectivity index (χ0n) is 15.3. The molecule has 128 valence electrons. The van der Waals surface area contributed by atoms with Gasteiger partial charge in [0, 0.05) is 25.5 Å². The minimum atomic E-state index is -0.285. The van der Waals surface area contributed by atoms with Crippen LogP contribution in [0.15, 0.2) is 29.1 Å². The SMILES string of the molecule is Cc1cc(C)nc(CN(C)C(=O)c2ccc(C(C)C)n(C)c2=O)c1. The molecule has 0 saturated carbocycles. The Hall–Kier alpha value is -2.43. The lowest BCUT2D eigenvalue weighted by Crippen LogP contribution is -2.34. The van der Waals surface area contributed by atoms with Gasteiger partial charge in [-0.05, 0) is 49.6 Å². The molecular formula is C19H25N3O2. The van der Waals surface area contributed by atoms with E-state index in [2.05, 4.69) is 4.98 Å². The van der Waals surface area contributed by atoms with Crippen LogP contribution >= 0.6 is 0 Å². The molecule has 0 aliphatic carbocycles. The quantitative estimate of drug-likeness (QED) is 0.868. The first-order chi connectivity index (χ1) is 11.2. The van der Waals surface area contributed by atoms with E-state index >= 15 is 0 Å². The van der Waals surface area contributed by atoms with Crippen molar-refractivity contribution in [3.8, 4) is 0 Å². The molecule has 24 heavy (non-hydrogen) atoms. The van der Waals surface area contributed by atoms with Gasteiger partial charge in [0.25, 0.3) is 11.5 Å². The van der Waals surface area contributed by atoms with Gasteiger partial charge in [0.2, 0.25) is 0 Å². The summed E-state index contributed by atoms with van der Waals surface area (Å²) in [5.74, 6) is -0.0593. The largest absolute Gasteiger partial charge is 0.336 e. The van der Waals surface area contributed by atoms with Crippen molar-refractivity contribution >= 4 is 5.91 Å². The van der Waals surface area contributed by atoms with Gasteiger partial charge in [-0.2, -0.15) is 0 Å². The van der Waals surface area contributed by atoms with Crippen molar-refractivity contribution < 1.29 is 4.79 Å². The molecule has 2 rings (SSSR count). The van der Waals surface area contributed by atoms with Crippen LogP contribution < -0.4 is 5.56 Å². The number of aryl methyl sites for hydroxylation is 2. The predicted octanol–water partition coefficient (Wildman–Crippen LogP) is 2.79. The number of hydrogen-bond donors (Lipinski definition) is 0. The van der Waals surface area contributed by atoms with Gasteiger partial charge < -0.3 is 9.47 Å². The lowest BCUT2D eigenvalue weighted by Gasteiger charge is -2.19. The van der Waals surface area contributed by atoms with E-state index in [0.717, 1.165) is 22.6 Å². The molecule has 2 heterocycles. The van der Waals surface area contributed by atoms with Crippen LogP contribution in [0.5, 0.6) is 0 Å². The topological polar surface area (TPSA) is 55.2 Å². The molecule has 0 aliphatic rings. The predicted molar refractivity (Wildman–Crippen MR) is 95.3 cm³/mol. The summed E-state index contributed by atoms with van der Waals surface area (Å²) < 4.78 is 1.56. The van der Waals surface area contributed by atoms with Crippen LogP contribution in [0, 0.1) is 13.8 Å². The number of carbonyl (C=O) groups is 1. The van der Waals surface area contributed by atoms with Gasteiger partial charge >= 0.3 is 0 Å². The Morgan fingerprint density at radius 3 is 2.50 bits per heavy atom. The Morgan fingerprint density at radius 2 is 1.92 bits per heavy atom. The van der Waals surface area contributed by atoms with Crippen molar-refractivity contribution in [2.45, 2.75) is 40.2 Å². The Balaban J connectivity index is 2.28. The lowest BCUT2D eigenvalue weighted by molar-refractivity contribution is 0.0781. The van der Waals surface area contributed by atoms with Crippen LogP contribution in [0.2, 0.25) is 0 Å². The average molecular weight is 327 g/mol. The first-order valence-electron chi connectivity index (χ1n) is 8.10. The van der Waals surface area contributed by atoms with Crippen LogP contribution in [0.1, 0.15) is 52.8 Å². The smallest absolute Gasteiger partial charge is 0.263 e. The maximum atomic E-state index is 12.7. The first kappa shape index (κ1) is 17.9. The Bertz CT molecular complexity index is 802. The Labute approximate surface area is 143 Å². The molecule has 0 aliphatic heterocycles. The zero-order valence-corrected chi connectivity index (χ0v) is 15.3. The number of aromatic nitrogens is 2. The Morgan fingerprint density at radius 1 is 1.25 bits per heavy atom. The van der Waals surface area contributed by atoms with E-state index in [0.29, 0.717) is 6.54 Å². The summed E-state index contributed by atoms with van der Waals surface area (Å²) >= 11 is 0. The molecule has 5 heteroatoms. The van der Waals surface area contributed by atoms with Crippen molar-refractivity contribution in [3.05, 3.63) is 62.8 Å². The van der Waals surface area contributed by atoms with Crippen LogP contribution in [0.3, 0.4) is 0 Å². The van der Waals surface area contributed by atoms with Gasteiger partial charge in [-0.25, -0.2) is 0 Å². The minimum Gasteiger partial charge on any atom is -0.336 e. The molecule has 1 amide bonds. The second-order valence-corrected chi connectivity index (χ2v) is 6.63. The molecule has 2 aromatic heterocycles. The summed E-state index contributed by atoms with van der Waals surface area (Å²) in [6, 6.07) is 7.43. The van der Waals surface area contributed by atoms with Gasteiger partial charge in [0.15, 0.2) is 0 Å². The van der Waals surface area contributed by atoms with E-state index in [1.54, 1.807) is 24.7 Å². The number of amides is 1. The molecule has 0 radical (unpaired) electrons. The van der Waals surface area contributed by atoms with Crippen molar-refractivity contribution in [1.82, 2.24) is 14.5 Å². The summed E-state index contributed by atoms with van der Waals surface area (Å²) in [6.45, 7) is 8.35. The maximum Gasteiger partial charge on any atom is 0.263 e. The normalized spacial score (nSPS) is 11.0. The number of nitrogens with zero attached hydrogens (tertiary/aromatic N) is 3. The van der Waals surface area contributed by atoms with Gasteiger partial charge in [-0.15, -0.1) is 0 Å².